The second-order valence-electron chi connectivity index (χ2n) is 6.59. The summed E-state index contributed by atoms with van der Waals surface area (Å²) in [7, 11) is 0. The largest absolute Gasteiger partial charge is 0.352 e. The quantitative estimate of drug-likeness (QED) is 0.720. The van der Waals surface area contributed by atoms with E-state index in [0.29, 0.717) is 31.1 Å². The van der Waals surface area contributed by atoms with E-state index in [0.717, 1.165) is 36.9 Å². The molecular formula is C19H24N4O3. The van der Waals surface area contributed by atoms with E-state index >= 15 is 0 Å². The van der Waals surface area contributed by atoms with Crippen LogP contribution in [0.1, 0.15) is 49.9 Å². The van der Waals surface area contributed by atoms with E-state index in [4.69, 9.17) is 4.52 Å². The van der Waals surface area contributed by atoms with Crippen molar-refractivity contribution in [3.8, 4) is 0 Å². The van der Waals surface area contributed by atoms with Crippen LogP contribution in [0.3, 0.4) is 0 Å². The number of amides is 2. The maximum Gasteiger partial charge on any atom is 0.227 e. The van der Waals surface area contributed by atoms with Crippen LogP contribution in [-0.2, 0) is 29.0 Å². The highest BCUT2D eigenvalue weighted by molar-refractivity contribution is 5.94. The molecule has 1 heterocycles. The molecule has 1 aromatic heterocycles. The van der Waals surface area contributed by atoms with Gasteiger partial charge in [0.25, 0.3) is 0 Å². The zero-order valence-electron chi connectivity index (χ0n) is 15.0. The van der Waals surface area contributed by atoms with Crippen molar-refractivity contribution >= 4 is 17.5 Å². The molecule has 0 saturated heterocycles. The summed E-state index contributed by atoms with van der Waals surface area (Å²) in [4.78, 5) is 27.9. The summed E-state index contributed by atoms with van der Waals surface area (Å²) in [5.74, 6) is 1.41. The van der Waals surface area contributed by atoms with Crippen LogP contribution in [0.15, 0.2) is 28.8 Å². The van der Waals surface area contributed by atoms with Crippen molar-refractivity contribution in [2.24, 2.45) is 5.92 Å². The number of carbonyl (C=O) groups is 2. The number of hydrogen-bond acceptors (Lipinski definition) is 5. The Labute approximate surface area is 152 Å². The van der Waals surface area contributed by atoms with Gasteiger partial charge in [-0.15, -0.1) is 0 Å². The van der Waals surface area contributed by atoms with E-state index in [9.17, 15) is 9.59 Å². The lowest BCUT2D eigenvalue weighted by molar-refractivity contribution is -0.121. The summed E-state index contributed by atoms with van der Waals surface area (Å²) in [6.07, 6.45) is 4.46. The fraction of sp³-hybridized carbons (Fsp3) is 0.474. The van der Waals surface area contributed by atoms with E-state index < -0.39 is 0 Å². The number of nitrogens with one attached hydrogen (secondary N) is 2. The van der Waals surface area contributed by atoms with Crippen LogP contribution in [0, 0.1) is 5.92 Å². The third-order valence-corrected chi connectivity index (χ3v) is 4.21. The molecule has 3 rings (SSSR count). The van der Waals surface area contributed by atoms with Crippen molar-refractivity contribution in [1.82, 2.24) is 15.5 Å². The molecule has 0 bridgehead atoms. The van der Waals surface area contributed by atoms with Crippen LogP contribution >= 0.6 is 0 Å². The SMILES string of the molecule is CCCc1noc(CCC(=O)NCc2ccc(NC(=O)C3CC3)cc2)n1. The van der Waals surface area contributed by atoms with Crippen LogP contribution in [0.25, 0.3) is 0 Å². The molecule has 0 aliphatic heterocycles. The zero-order valence-corrected chi connectivity index (χ0v) is 15.0. The predicted molar refractivity (Wildman–Crippen MR) is 96.3 cm³/mol. The first kappa shape index (κ1) is 18.1. The molecule has 26 heavy (non-hydrogen) atoms. The average Bonchev–Trinajstić information content (AvgIpc) is 3.40. The predicted octanol–water partition coefficient (Wildman–Crippen LogP) is 2.62. The summed E-state index contributed by atoms with van der Waals surface area (Å²) in [6, 6.07) is 7.51. The molecule has 2 N–H and O–H groups in total. The maximum atomic E-state index is 12.0. The number of benzene rings is 1. The molecule has 0 spiro atoms. The first-order chi connectivity index (χ1) is 12.6. The van der Waals surface area contributed by atoms with E-state index in [1.807, 2.05) is 24.3 Å². The number of carbonyl (C=O) groups excluding carboxylic acids is 2. The smallest absolute Gasteiger partial charge is 0.227 e. The second kappa shape index (κ2) is 8.60. The molecule has 0 unspecified atom stereocenters. The lowest BCUT2D eigenvalue weighted by atomic mass is 10.2. The van der Waals surface area contributed by atoms with Crippen molar-refractivity contribution in [1.29, 1.82) is 0 Å². The van der Waals surface area contributed by atoms with Crippen molar-refractivity contribution in [3.05, 3.63) is 41.5 Å². The molecule has 7 heteroatoms. The van der Waals surface area contributed by atoms with Crippen molar-refractivity contribution in [2.75, 3.05) is 5.32 Å². The summed E-state index contributed by atoms with van der Waals surface area (Å²) < 4.78 is 5.12. The highest BCUT2D eigenvalue weighted by atomic mass is 16.5. The Balaban J connectivity index is 1.38. The number of hydrogen-bond donors (Lipinski definition) is 2. The van der Waals surface area contributed by atoms with Gasteiger partial charge in [0.05, 0.1) is 0 Å². The van der Waals surface area contributed by atoms with Gasteiger partial charge in [-0.2, -0.15) is 4.98 Å². The highest BCUT2D eigenvalue weighted by Crippen LogP contribution is 2.30. The minimum atomic E-state index is -0.0636. The molecule has 1 aromatic carbocycles. The van der Waals surface area contributed by atoms with Gasteiger partial charge < -0.3 is 15.2 Å². The van der Waals surface area contributed by atoms with Crippen LogP contribution < -0.4 is 10.6 Å². The topological polar surface area (TPSA) is 97.1 Å². The number of aromatic nitrogens is 2. The molecule has 2 aromatic rings. The molecule has 1 aliphatic rings. The van der Waals surface area contributed by atoms with E-state index in [-0.39, 0.29) is 17.7 Å². The lowest BCUT2D eigenvalue weighted by Crippen LogP contribution is -2.23. The molecular weight excluding hydrogens is 332 g/mol. The van der Waals surface area contributed by atoms with E-state index in [2.05, 4.69) is 27.7 Å². The van der Waals surface area contributed by atoms with Gasteiger partial charge in [-0.05, 0) is 37.0 Å². The third-order valence-electron chi connectivity index (χ3n) is 4.21. The minimum absolute atomic E-state index is 0.0636. The first-order valence-corrected chi connectivity index (χ1v) is 9.12. The standard InChI is InChI=1S/C19H24N4O3/c1-2-3-16-22-18(26-23-16)11-10-17(24)20-12-13-4-8-15(9-5-13)21-19(25)14-6-7-14/h4-5,8-9,14H,2-3,6-7,10-12H2,1H3,(H,20,24)(H,21,25). The molecule has 138 valence electrons. The van der Waals surface area contributed by atoms with Gasteiger partial charge in [0, 0.05) is 37.4 Å². The summed E-state index contributed by atoms with van der Waals surface area (Å²) >= 11 is 0. The molecule has 2 amide bonds. The van der Waals surface area contributed by atoms with Gasteiger partial charge in [-0.3, -0.25) is 9.59 Å². The molecule has 1 fully saturated rings. The Kier molecular flexibility index (Phi) is 5.99. The minimum Gasteiger partial charge on any atom is -0.352 e. The molecule has 0 radical (unpaired) electrons. The normalized spacial score (nSPS) is 13.4. The summed E-state index contributed by atoms with van der Waals surface area (Å²) in [5.41, 5.74) is 1.77. The number of aryl methyl sites for hydroxylation is 2. The number of nitrogens with zero attached hydrogens (tertiary/aromatic N) is 2. The molecule has 1 saturated carbocycles. The highest BCUT2D eigenvalue weighted by Gasteiger charge is 2.29. The lowest BCUT2D eigenvalue weighted by Gasteiger charge is -2.07. The van der Waals surface area contributed by atoms with Gasteiger partial charge >= 0.3 is 0 Å². The fourth-order valence-corrected chi connectivity index (χ4v) is 2.52. The third kappa shape index (κ3) is 5.40. The zero-order chi connectivity index (χ0) is 18.4. The van der Waals surface area contributed by atoms with Gasteiger partial charge in [0.1, 0.15) is 0 Å². The van der Waals surface area contributed by atoms with Gasteiger partial charge in [0.15, 0.2) is 5.82 Å². The monoisotopic (exact) mass is 356 g/mol. The van der Waals surface area contributed by atoms with Crippen molar-refractivity contribution in [2.45, 2.75) is 52.0 Å². The Hall–Kier alpha value is -2.70. The van der Waals surface area contributed by atoms with Crippen LogP contribution in [0.2, 0.25) is 0 Å². The maximum absolute atomic E-state index is 12.0. The Morgan fingerprint density at radius 2 is 1.96 bits per heavy atom. The van der Waals surface area contributed by atoms with E-state index in [1.54, 1.807) is 0 Å². The average molecular weight is 356 g/mol. The van der Waals surface area contributed by atoms with Crippen LogP contribution in [-0.4, -0.2) is 22.0 Å². The first-order valence-electron chi connectivity index (χ1n) is 9.12. The summed E-state index contributed by atoms with van der Waals surface area (Å²) in [5, 5.41) is 9.64. The van der Waals surface area contributed by atoms with Gasteiger partial charge in [-0.1, -0.05) is 24.2 Å². The van der Waals surface area contributed by atoms with Gasteiger partial charge in [0.2, 0.25) is 17.7 Å². The summed E-state index contributed by atoms with van der Waals surface area (Å²) in [6.45, 7) is 2.50. The molecule has 0 atom stereocenters. The molecule has 7 nitrogen and oxygen atoms in total. The van der Waals surface area contributed by atoms with Crippen LogP contribution in [0.4, 0.5) is 5.69 Å². The Morgan fingerprint density at radius 1 is 1.19 bits per heavy atom. The number of anilines is 1. The fourth-order valence-electron chi connectivity index (χ4n) is 2.52. The molecule has 1 aliphatic carbocycles. The Bertz CT molecular complexity index is 750. The van der Waals surface area contributed by atoms with E-state index in [1.165, 1.54) is 0 Å². The van der Waals surface area contributed by atoms with Crippen LogP contribution in [0.5, 0.6) is 0 Å². The van der Waals surface area contributed by atoms with Crippen molar-refractivity contribution < 1.29 is 14.1 Å². The number of rotatable bonds is 9. The Morgan fingerprint density at radius 3 is 2.65 bits per heavy atom. The second-order valence-corrected chi connectivity index (χ2v) is 6.59. The van der Waals surface area contributed by atoms with Crippen molar-refractivity contribution in [3.63, 3.8) is 0 Å². The van der Waals surface area contributed by atoms with Gasteiger partial charge in [-0.25, -0.2) is 0 Å².